The van der Waals surface area contributed by atoms with Crippen LogP contribution in [0.2, 0.25) is 0 Å². The molecule has 0 spiro atoms. The van der Waals surface area contributed by atoms with Crippen LogP contribution in [0, 0.1) is 18.6 Å². The van der Waals surface area contributed by atoms with Crippen LogP contribution in [0.4, 0.5) is 20.2 Å². The predicted octanol–water partition coefficient (Wildman–Crippen LogP) is 4.08. The van der Waals surface area contributed by atoms with Crippen LogP contribution in [-0.4, -0.2) is 5.11 Å². The van der Waals surface area contributed by atoms with Gasteiger partial charge in [0.15, 0.2) is 5.11 Å². The lowest BCUT2D eigenvalue weighted by molar-refractivity contribution is 0.584. The van der Waals surface area contributed by atoms with Crippen molar-refractivity contribution in [2.75, 3.05) is 10.6 Å². The molecule has 2 rings (SSSR count). The van der Waals surface area contributed by atoms with Gasteiger partial charge in [0, 0.05) is 17.4 Å². The number of anilines is 2. The minimum Gasteiger partial charge on any atom is -0.332 e. The largest absolute Gasteiger partial charge is 0.332 e. The van der Waals surface area contributed by atoms with Gasteiger partial charge in [0.25, 0.3) is 0 Å². The quantitative estimate of drug-likeness (QED) is 0.809. The van der Waals surface area contributed by atoms with Gasteiger partial charge in [-0.25, -0.2) is 8.78 Å². The number of thiocarbonyl (C=S) groups is 1. The average molecular weight is 278 g/mol. The molecule has 2 nitrogen and oxygen atoms in total. The molecule has 19 heavy (non-hydrogen) atoms. The summed E-state index contributed by atoms with van der Waals surface area (Å²) in [5, 5.41) is 5.93. The summed E-state index contributed by atoms with van der Waals surface area (Å²) in [6.07, 6.45) is 0. The third-order valence-electron chi connectivity index (χ3n) is 2.43. The van der Waals surface area contributed by atoms with Crippen molar-refractivity contribution in [3.05, 3.63) is 59.7 Å². The second kappa shape index (κ2) is 5.75. The summed E-state index contributed by atoms with van der Waals surface area (Å²) in [7, 11) is 0. The maximum atomic E-state index is 13.0. The SMILES string of the molecule is Cc1ccc(NC(=S)Nc2cc(F)cc(F)c2)cc1. The highest BCUT2D eigenvalue weighted by Gasteiger charge is 2.03. The van der Waals surface area contributed by atoms with Gasteiger partial charge in [-0.05, 0) is 43.4 Å². The van der Waals surface area contributed by atoms with E-state index in [1.165, 1.54) is 12.1 Å². The third kappa shape index (κ3) is 3.99. The summed E-state index contributed by atoms with van der Waals surface area (Å²) >= 11 is 5.07. The molecule has 0 aliphatic rings. The molecule has 0 amide bonds. The third-order valence-corrected chi connectivity index (χ3v) is 2.63. The molecule has 0 saturated carbocycles. The smallest absolute Gasteiger partial charge is 0.175 e. The van der Waals surface area contributed by atoms with E-state index in [4.69, 9.17) is 12.2 Å². The lowest BCUT2D eigenvalue weighted by atomic mass is 10.2. The molecule has 0 aromatic heterocycles. The normalized spacial score (nSPS) is 10.1. The molecular weight excluding hydrogens is 266 g/mol. The number of hydrogen-bond donors (Lipinski definition) is 2. The van der Waals surface area contributed by atoms with Gasteiger partial charge in [0.05, 0.1) is 0 Å². The van der Waals surface area contributed by atoms with Crippen molar-refractivity contribution in [2.45, 2.75) is 6.92 Å². The van der Waals surface area contributed by atoms with Gasteiger partial charge in [-0.2, -0.15) is 0 Å². The highest BCUT2D eigenvalue weighted by molar-refractivity contribution is 7.80. The fourth-order valence-corrected chi connectivity index (χ4v) is 1.79. The average Bonchev–Trinajstić information content (AvgIpc) is 2.30. The Morgan fingerprint density at radius 2 is 1.42 bits per heavy atom. The lowest BCUT2D eigenvalue weighted by Crippen LogP contribution is -2.19. The number of hydrogen-bond acceptors (Lipinski definition) is 1. The molecule has 2 N–H and O–H groups in total. The van der Waals surface area contributed by atoms with Crippen molar-refractivity contribution in [2.24, 2.45) is 0 Å². The van der Waals surface area contributed by atoms with Gasteiger partial charge in [0.2, 0.25) is 0 Å². The summed E-state index contributed by atoms with van der Waals surface area (Å²) in [5.74, 6) is -1.30. The van der Waals surface area contributed by atoms with Crippen LogP contribution in [0.5, 0.6) is 0 Å². The Balaban J connectivity index is 2.03. The van der Waals surface area contributed by atoms with Crippen molar-refractivity contribution in [1.29, 1.82) is 0 Å². The van der Waals surface area contributed by atoms with Crippen LogP contribution in [0.3, 0.4) is 0 Å². The minimum atomic E-state index is -0.652. The maximum absolute atomic E-state index is 13.0. The summed E-state index contributed by atoms with van der Waals surface area (Å²) < 4.78 is 26.0. The van der Waals surface area contributed by atoms with E-state index in [9.17, 15) is 8.78 Å². The van der Waals surface area contributed by atoms with Gasteiger partial charge in [-0.15, -0.1) is 0 Å². The molecule has 0 atom stereocenters. The minimum absolute atomic E-state index is 0.266. The first-order valence-electron chi connectivity index (χ1n) is 5.64. The zero-order chi connectivity index (χ0) is 13.8. The van der Waals surface area contributed by atoms with Gasteiger partial charge in [0.1, 0.15) is 11.6 Å². The first-order chi connectivity index (χ1) is 9.02. The Bertz CT molecular complexity index is 577. The van der Waals surface area contributed by atoms with Crippen LogP contribution >= 0.6 is 12.2 Å². The number of benzene rings is 2. The molecule has 0 bridgehead atoms. The van der Waals surface area contributed by atoms with Crippen LogP contribution in [-0.2, 0) is 0 Å². The van der Waals surface area contributed by atoms with Crippen molar-refractivity contribution in [3.63, 3.8) is 0 Å². The predicted molar refractivity (Wildman–Crippen MR) is 77.4 cm³/mol. The van der Waals surface area contributed by atoms with E-state index in [2.05, 4.69) is 10.6 Å². The molecule has 0 unspecified atom stereocenters. The van der Waals surface area contributed by atoms with Crippen LogP contribution in [0.25, 0.3) is 0 Å². The van der Waals surface area contributed by atoms with Gasteiger partial charge in [-0.3, -0.25) is 0 Å². The van der Waals surface area contributed by atoms with Crippen molar-refractivity contribution in [1.82, 2.24) is 0 Å². The van der Waals surface area contributed by atoms with E-state index < -0.39 is 11.6 Å². The Labute approximate surface area is 115 Å². The second-order valence-electron chi connectivity index (χ2n) is 4.10. The van der Waals surface area contributed by atoms with E-state index in [1.54, 1.807) is 0 Å². The van der Waals surface area contributed by atoms with E-state index in [0.29, 0.717) is 0 Å². The molecule has 2 aromatic carbocycles. The zero-order valence-corrected chi connectivity index (χ0v) is 11.0. The first kappa shape index (κ1) is 13.4. The fraction of sp³-hybridized carbons (Fsp3) is 0.0714. The van der Waals surface area contributed by atoms with E-state index >= 15 is 0 Å². The zero-order valence-electron chi connectivity index (χ0n) is 10.2. The molecule has 0 aliphatic heterocycles. The summed E-state index contributed by atoms with van der Waals surface area (Å²) in [4.78, 5) is 0. The van der Waals surface area contributed by atoms with E-state index in [1.807, 2.05) is 31.2 Å². The maximum Gasteiger partial charge on any atom is 0.175 e. The van der Waals surface area contributed by atoms with Crippen molar-refractivity contribution >= 4 is 28.7 Å². The topological polar surface area (TPSA) is 24.1 Å². The standard InChI is InChI=1S/C14H12F2N2S/c1-9-2-4-12(5-3-9)17-14(19)18-13-7-10(15)6-11(16)8-13/h2-8H,1H3,(H2,17,18,19). The lowest BCUT2D eigenvalue weighted by Gasteiger charge is -2.11. The highest BCUT2D eigenvalue weighted by atomic mass is 32.1. The second-order valence-corrected chi connectivity index (χ2v) is 4.51. The molecule has 98 valence electrons. The van der Waals surface area contributed by atoms with Crippen molar-refractivity contribution < 1.29 is 8.78 Å². The fourth-order valence-electron chi connectivity index (χ4n) is 1.56. The molecule has 0 radical (unpaired) electrons. The molecule has 0 fully saturated rings. The number of aryl methyl sites for hydroxylation is 1. The Morgan fingerprint density at radius 3 is 2.00 bits per heavy atom. The monoisotopic (exact) mass is 278 g/mol. The van der Waals surface area contributed by atoms with Crippen LogP contribution < -0.4 is 10.6 Å². The number of rotatable bonds is 2. The van der Waals surface area contributed by atoms with Gasteiger partial charge in [-0.1, -0.05) is 17.7 Å². The first-order valence-corrected chi connectivity index (χ1v) is 6.04. The summed E-state index contributed by atoms with van der Waals surface area (Å²) in [6, 6.07) is 10.8. The number of halogens is 2. The summed E-state index contributed by atoms with van der Waals surface area (Å²) in [5.41, 5.74) is 2.21. The molecule has 2 aromatic rings. The Morgan fingerprint density at radius 1 is 0.895 bits per heavy atom. The number of nitrogens with one attached hydrogen (secondary N) is 2. The van der Waals surface area contributed by atoms with Crippen LogP contribution in [0.15, 0.2) is 42.5 Å². The van der Waals surface area contributed by atoms with Gasteiger partial charge >= 0.3 is 0 Å². The molecule has 5 heteroatoms. The van der Waals surface area contributed by atoms with Gasteiger partial charge < -0.3 is 10.6 Å². The van der Waals surface area contributed by atoms with E-state index in [0.717, 1.165) is 17.3 Å². The molecular formula is C14H12F2N2S. The highest BCUT2D eigenvalue weighted by Crippen LogP contribution is 2.14. The molecule has 0 heterocycles. The van der Waals surface area contributed by atoms with Crippen molar-refractivity contribution in [3.8, 4) is 0 Å². The summed E-state index contributed by atoms with van der Waals surface area (Å²) in [6.45, 7) is 1.98. The molecule has 0 saturated heterocycles. The Kier molecular flexibility index (Phi) is 4.06. The van der Waals surface area contributed by atoms with Crippen LogP contribution in [0.1, 0.15) is 5.56 Å². The molecule has 0 aliphatic carbocycles. The van der Waals surface area contributed by atoms with E-state index in [-0.39, 0.29) is 10.8 Å². The Hall–Kier alpha value is -2.01.